The zero-order valence-electron chi connectivity index (χ0n) is 8.72. The Morgan fingerprint density at radius 1 is 1.62 bits per heavy atom. The number of hydrogen-bond donors (Lipinski definition) is 2. The van der Waals surface area contributed by atoms with Crippen molar-refractivity contribution in [1.29, 1.82) is 0 Å². The molecular formula is C11H13N3OS. The highest BCUT2D eigenvalue weighted by Gasteiger charge is 2.13. The third-order valence-corrected chi connectivity index (χ3v) is 3.54. The van der Waals surface area contributed by atoms with E-state index in [0.717, 1.165) is 11.3 Å². The van der Waals surface area contributed by atoms with Crippen LogP contribution < -0.4 is 11.2 Å². The van der Waals surface area contributed by atoms with Gasteiger partial charge in [-0.1, -0.05) is 12.2 Å². The van der Waals surface area contributed by atoms with Crippen LogP contribution in [0.25, 0.3) is 0 Å². The minimum Gasteiger partial charge on any atom is -0.350 e. The third-order valence-electron chi connectivity index (χ3n) is 2.39. The maximum atomic E-state index is 10.4. The lowest BCUT2D eigenvalue weighted by Crippen LogP contribution is -2.24. The highest BCUT2D eigenvalue weighted by Crippen LogP contribution is 2.32. The van der Waals surface area contributed by atoms with Crippen molar-refractivity contribution in [2.24, 2.45) is 10.8 Å². The van der Waals surface area contributed by atoms with E-state index < -0.39 is 6.03 Å². The van der Waals surface area contributed by atoms with Gasteiger partial charge in [-0.05, 0) is 25.0 Å². The smallest absolute Gasteiger partial charge is 0.332 e. The normalized spacial score (nSPS) is 19.4. The zero-order chi connectivity index (χ0) is 11.4. The zero-order valence-corrected chi connectivity index (χ0v) is 9.54. The molecule has 0 aliphatic heterocycles. The van der Waals surface area contributed by atoms with Crippen molar-refractivity contribution >= 4 is 23.6 Å². The van der Waals surface area contributed by atoms with E-state index in [1.54, 1.807) is 17.6 Å². The number of carbonyl (C=O) groups is 1. The first-order chi connectivity index (χ1) is 7.75. The van der Waals surface area contributed by atoms with E-state index in [1.807, 2.05) is 6.07 Å². The minimum atomic E-state index is -0.647. The fourth-order valence-corrected chi connectivity index (χ4v) is 2.66. The fourth-order valence-electron chi connectivity index (χ4n) is 1.67. The highest BCUT2D eigenvalue weighted by atomic mass is 32.1. The van der Waals surface area contributed by atoms with Gasteiger partial charge in [0.25, 0.3) is 0 Å². The molecule has 1 aliphatic rings. The lowest BCUT2D eigenvalue weighted by atomic mass is 10.1. The number of nitrogens with one attached hydrogen (secondary N) is 1. The molecule has 0 spiro atoms. The predicted molar refractivity (Wildman–Crippen MR) is 65.7 cm³/mol. The van der Waals surface area contributed by atoms with Gasteiger partial charge >= 0.3 is 6.03 Å². The summed E-state index contributed by atoms with van der Waals surface area (Å²) in [5.74, 6) is 0.552. The topological polar surface area (TPSA) is 67.5 Å². The van der Waals surface area contributed by atoms with Gasteiger partial charge in [0.1, 0.15) is 0 Å². The Morgan fingerprint density at radius 2 is 2.50 bits per heavy atom. The Bertz CT molecular complexity index is 436. The first-order valence-corrected chi connectivity index (χ1v) is 5.92. The summed E-state index contributed by atoms with van der Waals surface area (Å²) in [6, 6.07) is 3.46. The molecule has 1 aromatic rings. The molecule has 1 atom stereocenters. The SMILES string of the molecule is NC(=O)N/N=C\c1ccc([C@@H]2C=CCC2)s1. The molecule has 0 unspecified atom stereocenters. The standard InChI is InChI=1S/C11H13N3OS/c12-11(15)14-13-7-9-5-6-10(16-9)8-3-1-2-4-8/h1,3,5-8H,2,4H2,(H3,12,14,15)/b13-7-/t8-/m1/s1. The summed E-state index contributed by atoms with van der Waals surface area (Å²) < 4.78 is 0. The van der Waals surface area contributed by atoms with Gasteiger partial charge < -0.3 is 5.73 Å². The second-order valence-corrected chi connectivity index (χ2v) is 4.73. The van der Waals surface area contributed by atoms with Crippen molar-refractivity contribution in [3.8, 4) is 0 Å². The van der Waals surface area contributed by atoms with E-state index >= 15 is 0 Å². The molecule has 5 heteroatoms. The quantitative estimate of drug-likeness (QED) is 0.470. The monoisotopic (exact) mass is 235 g/mol. The van der Waals surface area contributed by atoms with E-state index in [4.69, 9.17) is 5.73 Å². The van der Waals surface area contributed by atoms with Crippen LogP contribution in [0.4, 0.5) is 4.79 Å². The summed E-state index contributed by atoms with van der Waals surface area (Å²) in [5, 5.41) is 3.72. The van der Waals surface area contributed by atoms with E-state index in [0.29, 0.717) is 5.92 Å². The number of hydrazone groups is 1. The largest absolute Gasteiger partial charge is 0.350 e. The van der Waals surface area contributed by atoms with Crippen LogP contribution in [0.2, 0.25) is 0 Å². The maximum Gasteiger partial charge on any atom is 0.332 e. The van der Waals surface area contributed by atoms with Crippen molar-refractivity contribution in [2.45, 2.75) is 18.8 Å². The Labute approximate surface area is 97.8 Å². The molecule has 0 fully saturated rings. The molecule has 2 rings (SSSR count). The van der Waals surface area contributed by atoms with Gasteiger partial charge in [0.15, 0.2) is 0 Å². The lowest BCUT2D eigenvalue weighted by molar-refractivity contribution is 0.249. The molecule has 0 radical (unpaired) electrons. The summed E-state index contributed by atoms with van der Waals surface area (Å²) in [6.45, 7) is 0. The number of rotatable bonds is 3. The molecule has 16 heavy (non-hydrogen) atoms. The van der Waals surface area contributed by atoms with Crippen LogP contribution in [0.1, 0.15) is 28.5 Å². The summed E-state index contributed by atoms with van der Waals surface area (Å²) in [4.78, 5) is 12.8. The van der Waals surface area contributed by atoms with E-state index in [2.05, 4.69) is 28.7 Å². The number of allylic oxidation sites excluding steroid dienone is 2. The van der Waals surface area contributed by atoms with Gasteiger partial charge in [0.2, 0.25) is 0 Å². The lowest BCUT2D eigenvalue weighted by Gasteiger charge is -2.01. The Morgan fingerprint density at radius 3 is 3.19 bits per heavy atom. The van der Waals surface area contributed by atoms with Crippen molar-refractivity contribution in [2.75, 3.05) is 0 Å². The van der Waals surface area contributed by atoms with Crippen LogP contribution >= 0.6 is 11.3 Å². The van der Waals surface area contributed by atoms with Crippen molar-refractivity contribution in [1.82, 2.24) is 5.43 Å². The molecule has 0 aromatic carbocycles. The molecule has 0 bridgehead atoms. The van der Waals surface area contributed by atoms with Crippen LogP contribution in [-0.4, -0.2) is 12.2 Å². The number of primary amides is 1. The number of nitrogens with two attached hydrogens (primary N) is 1. The van der Waals surface area contributed by atoms with Gasteiger partial charge in [-0.2, -0.15) is 5.10 Å². The van der Waals surface area contributed by atoms with Gasteiger partial charge in [-0.15, -0.1) is 11.3 Å². The fraction of sp³-hybridized carbons (Fsp3) is 0.273. The molecular weight excluding hydrogens is 222 g/mol. The molecule has 84 valence electrons. The number of hydrogen-bond acceptors (Lipinski definition) is 3. The third kappa shape index (κ3) is 2.70. The van der Waals surface area contributed by atoms with Crippen LogP contribution in [-0.2, 0) is 0 Å². The highest BCUT2D eigenvalue weighted by molar-refractivity contribution is 7.13. The number of amides is 2. The Balaban J connectivity index is 1.99. The molecule has 0 saturated carbocycles. The second kappa shape index (κ2) is 4.94. The first kappa shape index (κ1) is 10.9. The Hall–Kier alpha value is -1.62. The minimum absolute atomic E-state index is 0.552. The van der Waals surface area contributed by atoms with E-state index in [-0.39, 0.29) is 0 Å². The van der Waals surface area contributed by atoms with Crippen LogP contribution in [0, 0.1) is 0 Å². The molecule has 4 nitrogen and oxygen atoms in total. The maximum absolute atomic E-state index is 10.4. The Kier molecular flexibility index (Phi) is 3.36. The molecule has 1 aromatic heterocycles. The van der Waals surface area contributed by atoms with E-state index in [9.17, 15) is 4.79 Å². The second-order valence-electron chi connectivity index (χ2n) is 3.59. The number of urea groups is 1. The molecule has 2 amide bonds. The molecule has 1 heterocycles. The van der Waals surface area contributed by atoms with Gasteiger partial charge in [0.05, 0.1) is 6.21 Å². The average molecular weight is 235 g/mol. The summed E-state index contributed by atoms with van der Waals surface area (Å²) in [7, 11) is 0. The summed E-state index contributed by atoms with van der Waals surface area (Å²) >= 11 is 1.69. The van der Waals surface area contributed by atoms with Gasteiger partial charge in [-0.25, -0.2) is 10.2 Å². The number of thiophene rings is 1. The van der Waals surface area contributed by atoms with Crippen molar-refractivity contribution in [3.05, 3.63) is 34.0 Å². The molecule has 1 aliphatic carbocycles. The van der Waals surface area contributed by atoms with E-state index in [1.165, 1.54) is 11.3 Å². The number of nitrogens with zero attached hydrogens (tertiary/aromatic N) is 1. The molecule has 3 N–H and O–H groups in total. The molecule has 0 saturated heterocycles. The van der Waals surface area contributed by atoms with Gasteiger partial charge in [0, 0.05) is 15.7 Å². The van der Waals surface area contributed by atoms with Crippen LogP contribution in [0.15, 0.2) is 29.4 Å². The summed E-state index contributed by atoms with van der Waals surface area (Å²) in [6.07, 6.45) is 8.42. The average Bonchev–Trinajstić information content (AvgIpc) is 2.85. The summed E-state index contributed by atoms with van der Waals surface area (Å²) in [5.41, 5.74) is 7.07. The number of carbonyl (C=O) groups excluding carboxylic acids is 1. The predicted octanol–water partition coefficient (Wildman–Crippen LogP) is 2.18. The van der Waals surface area contributed by atoms with Crippen molar-refractivity contribution < 1.29 is 4.79 Å². The van der Waals surface area contributed by atoms with Crippen LogP contribution in [0.5, 0.6) is 0 Å². The van der Waals surface area contributed by atoms with Crippen molar-refractivity contribution in [3.63, 3.8) is 0 Å². The first-order valence-electron chi connectivity index (χ1n) is 5.10. The van der Waals surface area contributed by atoms with Gasteiger partial charge in [-0.3, -0.25) is 0 Å². The van der Waals surface area contributed by atoms with Crippen LogP contribution in [0.3, 0.4) is 0 Å².